The van der Waals surface area contributed by atoms with Gasteiger partial charge in [0.2, 0.25) is 5.91 Å². The summed E-state index contributed by atoms with van der Waals surface area (Å²) in [6.45, 7) is 4.21. The Bertz CT molecular complexity index is 839. The molecule has 0 radical (unpaired) electrons. The number of hydrogen-bond donors (Lipinski definition) is 1. The summed E-state index contributed by atoms with van der Waals surface area (Å²) in [6, 6.07) is 12.9. The molecule has 0 aliphatic carbocycles. The molecular formula is C22H26N2O3. The monoisotopic (exact) mass is 366 g/mol. The first kappa shape index (κ1) is 20.4. The molecule has 5 nitrogen and oxygen atoms in total. The lowest BCUT2D eigenvalue weighted by Gasteiger charge is -2.11. The van der Waals surface area contributed by atoms with Crippen molar-refractivity contribution in [3.05, 3.63) is 70.3 Å². The van der Waals surface area contributed by atoms with Crippen LogP contribution in [0.1, 0.15) is 50.2 Å². The van der Waals surface area contributed by atoms with Crippen molar-refractivity contribution in [1.29, 1.82) is 0 Å². The number of carbonyl (C=O) groups is 3. The molecule has 0 aliphatic rings. The van der Waals surface area contributed by atoms with E-state index in [1.807, 2.05) is 44.2 Å². The number of hydrogen-bond acceptors (Lipinski definition) is 3. The standard InChI is InChI=1S/C22H26N2O3/c1-15-5-6-16(2)19(13-15)20(25)11-12-21(26)23-14-17-7-9-18(10-8-17)22(27)24(3)4/h5-10,13H,11-12,14H2,1-4H3,(H,23,26). The van der Waals surface area contributed by atoms with E-state index in [1.54, 1.807) is 26.2 Å². The van der Waals surface area contributed by atoms with Crippen molar-refractivity contribution in [2.75, 3.05) is 14.1 Å². The van der Waals surface area contributed by atoms with Crippen molar-refractivity contribution < 1.29 is 14.4 Å². The zero-order valence-corrected chi connectivity index (χ0v) is 16.3. The molecule has 0 aromatic heterocycles. The lowest BCUT2D eigenvalue weighted by molar-refractivity contribution is -0.121. The smallest absolute Gasteiger partial charge is 0.253 e. The van der Waals surface area contributed by atoms with Gasteiger partial charge in [0.25, 0.3) is 5.91 Å². The number of benzene rings is 2. The predicted octanol–water partition coefficient (Wildman–Crippen LogP) is 3.28. The summed E-state index contributed by atoms with van der Waals surface area (Å²) in [5.74, 6) is -0.240. The molecular weight excluding hydrogens is 340 g/mol. The number of nitrogens with zero attached hydrogens (tertiary/aromatic N) is 1. The molecule has 0 saturated heterocycles. The van der Waals surface area contributed by atoms with Crippen molar-refractivity contribution in [2.24, 2.45) is 0 Å². The molecule has 0 fully saturated rings. The van der Waals surface area contributed by atoms with E-state index < -0.39 is 0 Å². The van der Waals surface area contributed by atoms with Crippen LogP contribution in [0.4, 0.5) is 0 Å². The second kappa shape index (κ2) is 9.12. The molecule has 2 amide bonds. The van der Waals surface area contributed by atoms with Gasteiger partial charge in [-0.2, -0.15) is 0 Å². The van der Waals surface area contributed by atoms with E-state index in [0.717, 1.165) is 16.7 Å². The molecule has 5 heteroatoms. The quantitative estimate of drug-likeness (QED) is 0.765. The summed E-state index contributed by atoms with van der Waals surface area (Å²) < 4.78 is 0. The van der Waals surface area contributed by atoms with Crippen LogP contribution in [0.3, 0.4) is 0 Å². The normalized spacial score (nSPS) is 10.4. The third-order valence-electron chi connectivity index (χ3n) is 4.37. The highest BCUT2D eigenvalue weighted by atomic mass is 16.2. The Morgan fingerprint density at radius 1 is 0.926 bits per heavy atom. The highest BCUT2D eigenvalue weighted by Crippen LogP contribution is 2.14. The van der Waals surface area contributed by atoms with Crippen LogP contribution in [-0.4, -0.2) is 36.6 Å². The summed E-state index contributed by atoms with van der Waals surface area (Å²) in [5.41, 5.74) is 4.15. The number of carbonyl (C=O) groups excluding carboxylic acids is 3. The molecule has 0 bridgehead atoms. The zero-order valence-electron chi connectivity index (χ0n) is 16.3. The minimum Gasteiger partial charge on any atom is -0.352 e. The van der Waals surface area contributed by atoms with Crippen LogP contribution in [0, 0.1) is 13.8 Å². The summed E-state index contributed by atoms with van der Waals surface area (Å²) in [5, 5.41) is 2.82. The summed E-state index contributed by atoms with van der Waals surface area (Å²) in [6.07, 6.45) is 0.343. The molecule has 2 aromatic carbocycles. The third kappa shape index (κ3) is 5.78. The lowest BCUT2D eigenvalue weighted by Crippen LogP contribution is -2.24. The van der Waals surface area contributed by atoms with Crippen LogP contribution in [0.25, 0.3) is 0 Å². The first-order chi connectivity index (χ1) is 12.8. The van der Waals surface area contributed by atoms with Gasteiger partial charge in [0.1, 0.15) is 0 Å². The van der Waals surface area contributed by atoms with E-state index in [2.05, 4.69) is 5.32 Å². The fourth-order valence-electron chi connectivity index (χ4n) is 2.71. The lowest BCUT2D eigenvalue weighted by atomic mass is 9.99. The van der Waals surface area contributed by atoms with Crippen molar-refractivity contribution in [1.82, 2.24) is 10.2 Å². The average molecular weight is 366 g/mol. The summed E-state index contributed by atoms with van der Waals surface area (Å²) in [4.78, 5) is 37.8. The first-order valence-electron chi connectivity index (χ1n) is 8.95. The van der Waals surface area contributed by atoms with Crippen LogP contribution in [0.15, 0.2) is 42.5 Å². The van der Waals surface area contributed by atoms with E-state index in [1.165, 1.54) is 4.90 Å². The summed E-state index contributed by atoms with van der Waals surface area (Å²) >= 11 is 0. The van der Waals surface area contributed by atoms with E-state index >= 15 is 0 Å². The van der Waals surface area contributed by atoms with Crippen molar-refractivity contribution in [3.63, 3.8) is 0 Å². The molecule has 142 valence electrons. The Kier molecular flexibility index (Phi) is 6.88. The largest absolute Gasteiger partial charge is 0.352 e. The van der Waals surface area contributed by atoms with Gasteiger partial charge in [-0.3, -0.25) is 14.4 Å². The minimum absolute atomic E-state index is 0.0158. The van der Waals surface area contributed by atoms with Crippen LogP contribution in [0.5, 0.6) is 0 Å². The molecule has 0 aliphatic heterocycles. The molecule has 0 atom stereocenters. The van der Waals surface area contributed by atoms with Gasteiger partial charge in [-0.15, -0.1) is 0 Å². The number of Topliss-reactive ketones (excluding diaryl/α,β-unsaturated/α-hetero) is 1. The first-order valence-corrected chi connectivity index (χ1v) is 8.95. The second-order valence-electron chi connectivity index (χ2n) is 6.91. The maximum atomic E-state index is 12.3. The Balaban J connectivity index is 1.83. The highest BCUT2D eigenvalue weighted by molar-refractivity contribution is 5.99. The number of amides is 2. The van der Waals surface area contributed by atoms with Gasteiger partial charge in [0.15, 0.2) is 5.78 Å². The van der Waals surface area contributed by atoms with Gasteiger partial charge >= 0.3 is 0 Å². The molecule has 1 N–H and O–H groups in total. The van der Waals surface area contributed by atoms with E-state index in [-0.39, 0.29) is 30.4 Å². The van der Waals surface area contributed by atoms with Gasteiger partial charge in [-0.05, 0) is 43.2 Å². The highest BCUT2D eigenvalue weighted by Gasteiger charge is 2.12. The summed E-state index contributed by atoms with van der Waals surface area (Å²) in [7, 11) is 3.41. The third-order valence-corrected chi connectivity index (χ3v) is 4.37. The average Bonchev–Trinajstić information content (AvgIpc) is 2.66. The molecule has 27 heavy (non-hydrogen) atoms. The Morgan fingerprint density at radius 3 is 2.22 bits per heavy atom. The van der Waals surface area contributed by atoms with Gasteiger partial charge in [0.05, 0.1) is 0 Å². The van der Waals surface area contributed by atoms with Crippen molar-refractivity contribution in [2.45, 2.75) is 33.2 Å². The fourth-order valence-corrected chi connectivity index (χ4v) is 2.71. The Morgan fingerprint density at radius 2 is 1.59 bits per heavy atom. The maximum Gasteiger partial charge on any atom is 0.253 e. The second-order valence-corrected chi connectivity index (χ2v) is 6.91. The maximum absolute atomic E-state index is 12.3. The molecule has 0 unspecified atom stereocenters. The topological polar surface area (TPSA) is 66.5 Å². The van der Waals surface area contributed by atoms with Gasteiger partial charge < -0.3 is 10.2 Å². The zero-order chi connectivity index (χ0) is 20.0. The van der Waals surface area contributed by atoms with E-state index in [9.17, 15) is 14.4 Å². The van der Waals surface area contributed by atoms with Crippen LogP contribution in [0.2, 0.25) is 0 Å². The molecule has 2 aromatic rings. The van der Waals surface area contributed by atoms with Crippen molar-refractivity contribution in [3.8, 4) is 0 Å². The number of ketones is 1. The van der Waals surface area contributed by atoms with Gasteiger partial charge in [-0.25, -0.2) is 0 Å². The Labute approximate surface area is 160 Å². The molecule has 2 rings (SSSR count). The van der Waals surface area contributed by atoms with Crippen LogP contribution < -0.4 is 5.32 Å². The number of rotatable bonds is 7. The van der Waals surface area contributed by atoms with E-state index in [0.29, 0.717) is 17.7 Å². The van der Waals surface area contributed by atoms with Gasteiger partial charge in [0, 0.05) is 44.6 Å². The molecule has 0 heterocycles. The van der Waals surface area contributed by atoms with Gasteiger partial charge in [-0.1, -0.05) is 29.8 Å². The molecule has 0 saturated carbocycles. The molecule has 0 spiro atoms. The van der Waals surface area contributed by atoms with Crippen LogP contribution in [-0.2, 0) is 11.3 Å². The predicted molar refractivity (Wildman–Crippen MR) is 106 cm³/mol. The number of nitrogens with one attached hydrogen (secondary N) is 1. The minimum atomic E-state index is -0.165. The Hall–Kier alpha value is -2.95. The van der Waals surface area contributed by atoms with Crippen molar-refractivity contribution >= 4 is 17.6 Å². The SMILES string of the molecule is Cc1ccc(C)c(C(=O)CCC(=O)NCc2ccc(C(=O)N(C)C)cc2)c1. The van der Waals surface area contributed by atoms with E-state index in [4.69, 9.17) is 0 Å². The van der Waals surface area contributed by atoms with Crippen LogP contribution >= 0.6 is 0 Å². The fraction of sp³-hybridized carbons (Fsp3) is 0.318. The number of aryl methyl sites for hydroxylation is 2.